The third kappa shape index (κ3) is 3.67. The van der Waals surface area contributed by atoms with Crippen molar-refractivity contribution >= 4 is 5.97 Å². The molecule has 0 saturated heterocycles. The van der Waals surface area contributed by atoms with E-state index in [1.54, 1.807) is 28.4 Å². The van der Waals surface area contributed by atoms with Crippen molar-refractivity contribution in [2.24, 2.45) is 0 Å². The zero-order valence-electron chi connectivity index (χ0n) is 19.9. The van der Waals surface area contributed by atoms with E-state index in [0.717, 1.165) is 46.6 Å². The maximum absolute atomic E-state index is 13.4. The first-order chi connectivity index (χ1) is 16.0. The summed E-state index contributed by atoms with van der Waals surface area (Å²) in [5.74, 6) is 2.21. The van der Waals surface area contributed by atoms with Gasteiger partial charge in [0.15, 0.2) is 11.5 Å². The zero-order chi connectivity index (χ0) is 23.7. The van der Waals surface area contributed by atoms with Gasteiger partial charge in [-0.15, -0.1) is 0 Å². The second-order valence-corrected chi connectivity index (χ2v) is 7.74. The standard InChI is InChI=1S/C26H29NO6/c1-7-33-26(28)24-23(18-9-8-17(29-3)13-20(18)30-4)15(2)27-11-10-16-12-21(31-5)22(32-6)14-19(16)25(24)27/h8-9,12-14H,7,10-11H2,1-6H3. The van der Waals surface area contributed by atoms with Gasteiger partial charge in [-0.2, -0.15) is 0 Å². The molecule has 0 spiro atoms. The number of hydrogen-bond acceptors (Lipinski definition) is 6. The van der Waals surface area contributed by atoms with Crippen LogP contribution in [0.25, 0.3) is 22.4 Å². The predicted octanol–water partition coefficient (Wildman–Crippen LogP) is 4.90. The van der Waals surface area contributed by atoms with Crippen molar-refractivity contribution in [2.45, 2.75) is 26.8 Å². The highest BCUT2D eigenvalue weighted by Crippen LogP contribution is 2.47. The first-order valence-corrected chi connectivity index (χ1v) is 10.9. The fraction of sp³-hybridized carbons (Fsp3) is 0.346. The number of aromatic nitrogens is 1. The Bertz CT molecular complexity index is 1210. The highest BCUT2D eigenvalue weighted by Gasteiger charge is 2.33. The quantitative estimate of drug-likeness (QED) is 0.476. The second kappa shape index (κ2) is 9.10. The summed E-state index contributed by atoms with van der Waals surface area (Å²) in [7, 11) is 6.45. The number of ether oxygens (including phenoxy) is 5. The molecule has 0 amide bonds. The number of rotatable bonds is 7. The number of carbonyl (C=O) groups excluding carboxylic acids is 1. The predicted molar refractivity (Wildman–Crippen MR) is 126 cm³/mol. The summed E-state index contributed by atoms with van der Waals surface area (Å²) < 4.78 is 29.8. The summed E-state index contributed by atoms with van der Waals surface area (Å²) in [4.78, 5) is 13.4. The molecule has 7 nitrogen and oxygen atoms in total. The molecule has 1 aliphatic heterocycles. The molecule has 3 aromatic rings. The molecule has 0 bridgehead atoms. The van der Waals surface area contributed by atoms with E-state index >= 15 is 0 Å². The Morgan fingerprint density at radius 1 is 0.909 bits per heavy atom. The van der Waals surface area contributed by atoms with Crippen LogP contribution in [0.5, 0.6) is 23.0 Å². The fourth-order valence-corrected chi connectivity index (χ4v) is 4.61. The van der Waals surface area contributed by atoms with E-state index in [1.807, 2.05) is 44.2 Å². The lowest BCUT2D eigenvalue weighted by molar-refractivity contribution is 0.0528. The number of carbonyl (C=O) groups is 1. The second-order valence-electron chi connectivity index (χ2n) is 7.74. The van der Waals surface area contributed by atoms with E-state index in [-0.39, 0.29) is 12.6 Å². The van der Waals surface area contributed by atoms with Gasteiger partial charge in [-0.3, -0.25) is 0 Å². The van der Waals surface area contributed by atoms with Crippen LogP contribution >= 0.6 is 0 Å². The lowest BCUT2D eigenvalue weighted by atomic mass is 9.93. The van der Waals surface area contributed by atoms with Crippen LogP contribution in [0.2, 0.25) is 0 Å². The first-order valence-electron chi connectivity index (χ1n) is 10.9. The molecule has 0 fully saturated rings. The minimum atomic E-state index is -0.371. The number of nitrogens with zero attached hydrogens (tertiary/aromatic N) is 1. The van der Waals surface area contributed by atoms with E-state index in [1.165, 1.54) is 0 Å². The molecule has 2 aromatic carbocycles. The van der Waals surface area contributed by atoms with Gasteiger partial charge in [0, 0.05) is 35.0 Å². The van der Waals surface area contributed by atoms with Gasteiger partial charge in [-0.05, 0) is 50.1 Å². The number of fused-ring (bicyclic) bond motifs is 3. The SMILES string of the molecule is CCOC(=O)c1c(-c2ccc(OC)cc2OC)c(C)n2c1-c1cc(OC)c(OC)cc1CC2. The number of methoxy groups -OCH3 is 4. The normalized spacial score (nSPS) is 11.9. The molecular formula is C26H29NO6. The monoisotopic (exact) mass is 451 g/mol. The fourth-order valence-electron chi connectivity index (χ4n) is 4.61. The Morgan fingerprint density at radius 2 is 1.61 bits per heavy atom. The van der Waals surface area contributed by atoms with Gasteiger partial charge in [0.05, 0.1) is 46.3 Å². The minimum absolute atomic E-state index is 0.278. The Hall–Kier alpha value is -3.61. The van der Waals surface area contributed by atoms with Crippen molar-refractivity contribution < 1.29 is 28.5 Å². The molecule has 0 N–H and O–H groups in total. The molecular weight excluding hydrogens is 422 g/mol. The van der Waals surface area contributed by atoms with Crippen LogP contribution in [0.3, 0.4) is 0 Å². The molecule has 174 valence electrons. The van der Waals surface area contributed by atoms with Crippen LogP contribution in [0.1, 0.15) is 28.5 Å². The van der Waals surface area contributed by atoms with Crippen LogP contribution in [0.4, 0.5) is 0 Å². The van der Waals surface area contributed by atoms with Gasteiger partial charge in [0.1, 0.15) is 11.5 Å². The molecule has 7 heteroatoms. The Morgan fingerprint density at radius 3 is 2.24 bits per heavy atom. The van der Waals surface area contributed by atoms with E-state index in [2.05, 4.69) is 4.57 Å². The van der Waals surface area contributed by atoms with Gasteiger partial charge < -0.3 is 28.3 Å². The van der Waals surface area contributed by atoms with Crippen LogP contribution in [-0.2, 0) is 17.7 Å². The molecule has 0 unspecified atom stereocenters. The largest absolute Gasteiger partial charge is 0.497 e. The Kier molecular flexibility index (Phi) is 6.22. The van der Waals surface area contributed by atoms with E-state index in [9.17, 15) is 4.79 Å². The summed E-state index contributed by atoms with van der Waals surface area (Å²) >= 11 is 0. The zero-order valence-corrected chi connectivity index (χ0v) is 19.9. The van der Waals surface area contributed by atoms with Crippen molar-refractivity contribution in [1.29, 1.82) is 0 Å². The molecule has 1 aliphatic rings. The molecule has 0 radical (unpaired) electrons. The van der Waals surface area contributed by atoms with Crippen LogP contribution in [-0.4, -0.2) is 45.6 Å². The average Bonchev–Trinajstić information content (AvgIpc) is 3.15. The van der Waals surface area contributed by atoms with E-state index < -0.39 is 0 Å². The van der Waals surface area contributed by atoms with Gasteiger partial charge in [0.2, 0.25) is 0 Å². The van der Waals surface area contributed by atoms with Crippen molar-refractivity contribution in [3.63, 3.8) is 0 Å². The van der Waals surface area contributed by atoms with Crippen molar-refractivity contribution in [3.8, 4) is 45.4 Å². The highest BCUT2D eigenvalue weighted by molar-refractivity contribution is 6.06. The number of esters is 1. The molecule has 1 aromatic heterocycles. The number of aryl methyl sites for hydroxylation is 1. The third-order valence-corrected chi connectivity index (χ3v) is 6.15. The minimum Gasteiger partial charge on any atom is -0.497 e. The van der Waals surface area contributed by atoms with Crippen LogP contribution in [0.15, 0.2) is 30.3 Å². The lowest BCUT2D eigenvalue weighted by Crippen LogP contribution is -2.15. The molecule has 2 heterocycles. The van der Waals surface area contributed by atoms with Gasteiger partial charge >= 0.3 is 5.97 Å². The van der Waals surface area contributed by atoms with Crippen LogP contribution in [0, 0.1) is 6.92 Å². The number of benzene rings is 2. The molecule has 0 aliphatic carbocycles. The van der Waals surface area contributed by atoms with Gasteiger partial charge in [0.25, 0.3) is 0 Å². The smallest absolute Gasteiger partial charge is 0.340 e. The van der Waals surface area contributed by atoms with Crippen molar-refractivity contribution in [2.75, 3.05) is 35.0 Å². The molecule has 0 saturated carbocycles. The van der Waals surface area contributed by atoms with Crippen molar-refractivity contribution in [1.82, 2.24) is 4.57 Å². The Balaban J connectivity index is 2.05. The average molecular weight is 452 g/mol. The van der Waals surface area contributed by atoms with Gasteiger partial charge in [-0.25, -0.2) is 4.79 Å². The summed E-state index contributed by atoms with van der Waals surface area (Å²) in [6, 6.07) is 9.54. The van der Waals surface area contributed by atoms with E-state index in [4.69, 9.17) is 23.7 Å². The topological polar surface area (TPSA) is 68.2 Å². The molecule has 4 rings (SSSR count). The summed E-state index contributed by atoms with van der Waals surface area (Å²) in [5, 5.41) is 0. The van der Waals surface area contributed by atoms with E-state index in [0.29, 0.717) is 28.6 Å². The van der Waals surface area contributed by atoms with Gasteiger partial charge in [-0.1, -0.05) is 0 Å². The maximum atomic E-state index is 13.4. The Labute approximate surface area is 193 Å². The number of hydrogen-bond donors (Lipinski definition) is 0. The lowest BCUT2D eigenvalue weighted by Gasteiger charge is -2.23. The third-order valence-electron chi connectivity index (χ3n) is 6.15. The summed E-state index contributed by atoms with van der Waals surface area (Å²) in [5.41, 5.74) is 5.94. The molecule has 33 heavy (non-hydrogen) atoms. The summed E-state index contributed by atoms with van der Waals surface area (Å²) in [6.07, 6.45) is 0.805. The summed E-state index contributed by atoms with van der Waals surface area (Å²) in [6.45, 7) is 4.84. The van der Waals surface area contributed by atoms with Crippen LogP contribution < -0.4 is 18.9 Å². The molecule has 0 atom stereocenters. The maximum Gasteiger partial charge on any atom is 0.340 e. The first kappa shape index (κ1) is 22.6. The highest BCUT2D eigenvalue weighted by atomic mass is 16.5. The van der Waals surface area contributed by atoms with Crippen molar-refractivity contribution in [3.05, 3.63) is 47.2 Å².